The van der Waals surface area contributed by atoms with Crippen LogP contribution in [0.1, 0.15) is 35.5 Å². The lowest BCUT2D eigenvalue weighted by Crippen LogP contribution is -2.31. The summed E-state index contributed by atoms with van der Waals surface area (Å²) in [6.07, 6.45) is 1.71. The molecule has 3 aromatic rings. The van der Waals surface area contributed by atoms with Crippen LogP contribution in [0, 0.1) is 0 Å². The molecule has 3 rings (SSSR count). The summed E-state index contributed by atoms with van der Waals surface area (Å²) < 4.78 is 38.2. The number of benzene rings is 2. The van der Waals surface area contributed by atoms with Crippen LogP contribution in [0.5, 0.6) is 11.5 Å². The van der Waals surface area contributed by atoms with Crippen molar-refractivity contribution in [1.82, 2.24) is 14.6 Å². The molecule has 34 heavy (non-hydrogen) atoms. The molecule has 0 atom stereocenters. The molecule has 0 aliphatic heterocycles. The van der Waals surface area contributed by atoms with E-state index in [1.807, 2.05) is 42.5 Å². The number of sulfonamides is 1. The largest absolute Gasteiger partial charge is 0.496 e. The Bertz CT molecular complexity index is 1210. The Morgan fingerprint density at radius 3 is 2.50 bits per heavy atom. The third-order valence-electron chi connectivity index (χ3n) is 5.22. The number of carbonyl (C=O) groups excluding carboxylic acids is 1. The van der Waals surface area contributed by atoms with E-state index in [4.69, 9.17) is 9.47 Å². The van der Waals surface area contributed by atoms with E-state index < -0.39 is 15.9 Å². The highest BCUT2D eigenvalue weighted by Crippen LogP contribution is 2.25. The number of rotatable bonds is 11. The Morgan fingerprint density at radius 2 is 1.82 bits per heavy atom. The fraction of sp³-hybridized carbons (Fsp3) is 0.280. The number of nitrogens with one attached hydrogen (secondary N) is 1. The Balaban J connectivity index is 1.72. The predicted octanol–water partition coefficient (Wildman–Crippen LogP) is 3.63. The van der Waals surface area contributed by atoms with Crippen molar-refractivity contribution in [3.05, 3.63) is 83.7 Å². The summed E-state index contributed by atoms with van der Waals surface area (Å²) in [5, 5.41) is 2.83. The standard InChI is InChI=1S/C25H29N3O5S/c1-4-28(5-2)34(30,31)22-12-13-24(32-3)23(16-22)25(29)27-17-19-9-8-11-21(15-19)33-18-20-10-6-7-14-26-20/h6-16H,4-5,17-18H2,1-3H3,(H,27,29). The average molecular weight is 484 g/mol. The second-order valence-corrected chi connectivity index (χ2v) is 9.33. The fourth-order valence-corrected chi connectivity index (χ4v) is 4.89. The first-order chi connectivity index (χ1) is 16.4. The van der Waals surface area contributed by atoms with Gasteiger partial charge >= 0.3 is 0 Å². The van der Waals surface area contributed by atoms with Gasteiger partial charge in [-0.25, -0.2) is 8.42 Å². The van der Waals surface area contributed by atoms with Crippen LogP contribution in [0.2, 0.25) is 0 Å². The van der Waals surface area contributed by atoms with Crippen molar-refractivity contribution in [2.75, 3.05) is 20.2 Å². The van der Waals surface area contributed by atoms with Gasteiger partial charge < -0.3 is 14.8 Å². The quantitative estimate of drug-likeness (QED) is 0.447. The second-order valence-electron chi connectivity index (χ2n) is 7.39. The van der Waals surface area contributed by atoms with Gasteiger partial charge in [-0.2, -0.15) is 4.31 Å². The van der Waals surface area contributed by atoms with Gasteiger partial charge in [-0.3, -0.25) is 9.78 Å². The number of pyridine rings is 1. The summed E-state index contributed by atoms with van der Waals surface area (Å²) in [6, 6.07) is 17.3. The lowest BCUT2D eigenvalue weighted by molar-refractivity contribution is 0.0947. The van der Waals surface area contributed by atoms with E-state index in [2.05, 4.69) is 10.3 Å². The predicted molar refractivity (Wildman–Crippen MR) is 129 cm³/mol. The van der Waals surface area contributed by atoms with Crippen molar-refractivity contribution in [1.29, 1.82) is 0 Å². The minimum Gasteiger partial charge on any atom is -0.496 e. The molecule has 1 amide bonds. The molecule has 180 valence electrons. The maximum atomic E-state index is 12.9. The molecule has 0 saturated heterocycles. The number of methoxy groups -OCH3 is 1. The molecule has 9 heteroatoms. The van der Waals surface area contributed by atoms with Gasteiger partial charge in [0.1, 0.15) is 18.1 Å². The zero-order valence-electron chi connectivity index (χ0n) is 19.5. The minimum absolute atomic E-state index is 0.0482. The maximum Gasteiger partial charge on any atom is 0.255 e. The molecular weight excluding hydrogens is 454 g/mol. The van der Waals surface area contributed by atoms with Crippen LogP contribution in [0.25, 0.3) is 0 Å². The van der Waals surface area contributed by atoms with Crippen LogP contribution in [-0.2, 0) is 23.2 Å². The van der Waals surface area contributed by atoms with Crippen molar-refractivity contribution >= 4 is 15.9 Å². The van der Waals surface area contributed by atoms with Crippen LogP contribution in [0.4, 0.5) is 0 Å². The molecule has 0 bridgehead atoms. The lowest BCUT2D eigenvalue weighted by Gasteiger charge is -2.19. The Morgan fingerprint density at radius 1 is 1.03 bits per heavy atom. The van der Waals surface area contributed by atoms with E-state index in [0.29, 0.717) is 31.2 Å². The van der Waals surface area contributed by atoms with E-state index in [1.54, 1.807) is 20.0 Å². The monoisotopic (exact) mass is 483 g/mol. The third-order valence-corrected chi connectivity index (χ3v) is 7.27. The summed E-state index contributed by atoms with van der Waals surface area (Å²) in [6.45, 7) is 4.78. The van der Waals surface area contributed by atoms with Gasteiger partial charge in [0.05, 0.1) is 23.3 Å². The van der Waals surface area contributed by atoms with E-state index in [-0.39, 0.29) is 17.0 Å². The first-order valence-corrected chi connectivity index (χ1v) is 12.4. The van der Waals surface area contributed by atoms with E-state index in [9.17, 15) is 13.2 Å². The summed E-state index contributed by atoms with van der Waals surface area (Å²) in [5.41, 5.74) is 1.80. The lowest BCUT2D eigenvalue weighted by atomic mass is 10.1. The number of hydrogen-bond donors (Lipinski definition) is 1. The molecule has 0 unspecified atom stereocenters. The van der Waals surface area contributed by atoms with Gasteiger partial charge in [-0.05, 0) is 48.0 Å². The molecule has 0 radical (unpaired) electrons. The molecule has 2 aromatic carbocycles. The number of amides is 1. The molecule has 1 heterocycles. The van der Waals surface area contributed by atoms with Gasteiger partial charge in [0.25, 0.3) is 5.91 Å². The highest BCUT2D eigenvalue weighted by molar-refractivity contribution is 7.89. The van der Waals surface area contributed by atoms with Crippen molar-refractivity contribution in [3.8, 4) is 11.5 Å². The summed E-state index contributed by atoms with van der Waals surface area (Å²) in [7, 11) is -2.27. The molecule has 0 aliphatic rings. The van der Waals surface area contributed by atoms with E-state index in [0.717, 1.165) is 11.3 Å². The van der Waals surface area contributed by atoms with Gasteiger partial charge in [-0.1, -0.05) is 32.0 Å². The Hall–Kier alpha value is -3.43. The van der Waals surface area contributed by atoms with Crippen molar-refractivity contribution < 1.29 is 22.7 Å². The molecule has 1 aromatic heterocycles. The Labute approximate surface area is 200 Å². The minimum atomic E-state index is -3.71. The second kappa shape index (κ2) is 11.6. The topological polar surface area (TPSA) is 97.8 Å². The molecule has 0 spiro atoms. The number of hydrogen-bond acceptors (Lipinski definition) is 6. The maximum absolute atomic E-state index is 12.9. The van der Waals surface area contributed by atoms with Crippen molar-refractivity contribution in [3.63, 3.8) is 0 Å². The fourth-order valence-electron chi connectivity index (χ4n) is 3.40. The average Bonchev–Trinajstić information content (AvgIpc) is 2.87. The molecule has 0 saturated carbocycles. The third kappa shape index (κ3) is 6.12. The first kappa shape index (κ1) is 25.2. The normalized spacial score (nSPS) is 11.3. The smallest absolute Gasteiger partial charge is 0.255 e. The van der Waals surface area contributed by atoms with Crippen molar-refractivity contribution in [2.24, 2.45) is 0 Å². The van der Waals surface area contributed by atoms with Gasteiger partial charge in [-0.15, -0.1) is 0 Å². The van der Waals surface area contributed by atoms with Crippen LogP contribution < -0.4 is 14.8 Å². The summed E-state index contributed by atoms with van der Waals surface area (Å²) in [5.74, 6) is 0.513. The van der Waals surface area contributed by atoms with Crippen LogP contribution in [-0.4, -0.2) is 43.8 Å². The summed E-state index contributed by atoms with van der Waals surface area (Å²) >= 11 is 0. The van der Waals surface area contributed by atoms with Gasteiger partial charge in [0.15, 0.2) is 0 Å². The highest BCUT2D eigenvalue weighted by Gasteiger charge is 2.24. The number of aromatic nitrogens is 1. The number of nitrogens with zero attached hydrogens (tertiary/aromatic N) is 2. The zero-order valence-corrected chi connectivity index (χ0v) is 20.3. The molecule has 0 fully saturated rings. The van der Waals surface area contributed by atoms with E-state index >= 15 is 0 Å². The van der Waals surface area contributed by atoms with Crippen LogP contribution in [0.15, 0.2) is 71.8 Å². The molecule has 8 nitrogen and oxygen atoms in total. The van der Waals surface area contributed by atoms with Crippen LogP contribution >= 0.6 is 0 Å². The number of carbonyl (C=O) groups is 1. The molecule has 0 aliphatic carbocycles. The highest BCUT2D eigenvalue weighted by atomic mass is 32.2. The summed E-state index contributed by atoms with van der Waals surface area (Å²) in [4.78, 5) is 17.2. The zero-order chi connectivity index (χ0) is 24.6. The SMILES string of the molecule is CCN(CC)S(=O)(=O)c1ccc(OC)c(C(=O)NCc2cccc(OCc3ccccn3)c2)c1. The number of ether oxygens (including phenoxy) is 2. The van der Waals surface area contributed by atoms with E-state index in [1.165, 1.54) is 29.6 Å². The first-order valence-electron chi connectivity index (χ1n) is 11.0. The van der Waals surface area contributed by atoms with Crippen molar-refractivity contribution in [2.45, 2.75) is 31.9 Å². The van der Waals surface area contributed by atoms with Gasteiger partial charge in [0, 0.05) is 25.8 Å². The molecule has 1 N–H and O–H groups in total. The van der Waals surface area contributed by atoms with Crippen LogP contribution in [0.3, 0.4) is 0 Å². The Kier molecular flexibility index (Phi) is 8.61. The molecular formula is C25H29N3O5S. The van der Waals surface area contributed by atoms with Gasteiger partial charge in [0.2, 0.25) is 10.0 Å².